The van der Waals surface area contributed by atoms with E-state index in [9.17, 15) is 0 Å². The Bertz CT molecular complexity index is 14.9. The van der Waals surface area contributed by atoms with Crippen molar-refractivity contribution in [2.75, 3.05) is 0 Å². The van der Waals surface area contributed by atoms with Gasteiger partial charge in [-0.3, -0.25) is 6.79 Å². The molecular weight excluding hydrogens is 525 g/mol. The third-order valence-corrected chi connectivity index (χ3v) is 0. The first kappa shape index (κ1) is 64.1. The maximum Gasteiger partial charge on any atom is 0 e. The van der Waals surface area contributed by atoms with Crippen molar-refractivity contribution in [3.05, 3.63) is 14.9 Å². The summed E-state index contributed by atoms with van der Waals surface area (Å²) in [5.41, 5.74) is 0. The third-order valence-electron chi connectivity index (χ3n) is 0. The SMILES string of the molecule is [CH-]=O.[CH3-].[CH3-].[U].[V].[W]. The quantitative estimate of drug-likeness (QED) is 0.331. The third kappa shape index (κ3) is 72.2. The fourth-order valence-electron chi connectivity index (χ4n) is 0. The van der Waals surface area contributed by atoms with Crippen LogP contribution in [0.1, 0.15) is 0 Å². The van der Waals surface area contributed by atoms with Crippen LogP contribution in [0.2, 0.25) is 0 Å². The smallest absolute Gasteiger partial charge is 0 e. The predicted molar refractivity (Wildman–Crippen MR) is 19.6 cm³/mol. The Hall–Kier alpha value is 1.99. The normalized spacial score (nSPS) is 0.571. The fourth-order valence-corrected chi connectivity index (χ4v) is 0. The molecule has 0 saturated carbocycles. The zero-order chi connectivity index (χ0) is 2.00. The summed E-state index contributed by atoms with van der Waals surface area (Å²) in [6, 6.07) is 0. The van der Waals surface area contributed by atoms with Crippen molar-refractivity contribution in [1.29, 1.82) is 0 Å². The molecule has 43 valence electrons. The van der Waals surface area contributed by atoms with Crippen molar-refractivity contribution >= 4 is 6.79 Å². The molecule has 7 heavy (non-hydrogen) atoms. The molecule has 0 aromatic heterocycles. The molecule has 0 aromatic rings. The number of hydrogen-bond acceptors (Lipinski definition) is 1. The molecule has 4 heteroatoms. The van der Waals surface area contributed by atoms with E-state index in [1.807, 2.05) is 0 Å². The molecule has 0 bridgehead atoms. The first-order valence-electron chi connectivity index (χ1n) is 0.236. The van der Waals surface area contributed by atoms with E-state index in [1.54, 1.807) is 0 Å². The Morgan fingerprint density at radius 3 is 1.00 bits per heavy atom. The van der Waals surface area contributed by atoms with Gasteiger partial charge < -0.3 is 19.6 Å². The summed E-state index contributed by atoms with van der Waals surface area (Å²) in [7, 11) is 0. The minimum atomic E-state index is 0. The molecule has 0 aliphatic rings. The van der Waals surface area contributed by atoms with E-state index >= 15 is 0 Å². The van der Waals surface area contributed by atoms with Gasteiger partial charge >= 0.3 is 0 Å². The van der Waals surface area contributed by atoms with E-state index in [-0.39, 0.29) is 85.6 Å². The zero-order valence-electron chi connectivity index (χ0n) is 4.34. The van der Waals surface area contributed by atoms with Gasteiger partial charge in [0.2, 0.25) is 0 Å². The van der Waals surface area contributed by atoms with Gasteiger partial charge in [0.25, 0.3) is 0 Å². The van der Waals surface area contributed by atoms with E-state index < -0.39 is 0 Å². The summed E-state index contributed by atoms with van der Waals surface area (Å²) in [5.74, 6) is 0. The van der Waals surface area contributed by atoms with Crippen molar-refractivity contribution in [3.63, 3.8) is 0 Å². The van der Waals surface area contributed by atoms with E-state index in [2.05, 4.69) is 6.79 Å². The average Bonchev–Trinajstić information content (AvgIpc) is 1.00. The average molecular weight is 532 g/mol. The molecule has 0 aromatic carbocycles. The molecule has 0 spiro atoms. The molecule has 0 amide bonds. The monoisotopic (exact) mass is 532 g/mol. The van der Waals surface area contributed by atoms with Gasteiger partial charge in [-0.05, 0) is 0 Å². The Kier molecular flexibility index (Phi) is 900. The first-order valence-corrected chi connectivity index (χ1v) is 0.236. The van der Waals surface area contributed by atoms with Crippen LogP contribution in [0.15, 0.2) is 0 Å². The van der Waals surface area contributed by atoms with Crippen molar-refractivity contribution in [2.24, 2.45) is 0 Å². The molecule has 0 aliphatic carbocycles. The number of hydrogen-bond donors (Lipinski definition) is 0. The van der Waals surface area contributed by atoms with E-state index in [4.69, 9.17) is 4.79 Å². The first-order chi connectivity index (χ1) is 1.00. The molecule has 0 saturated heterocycles. The second-order valence-corrected chi connectivity index (χ2v) is 0. The van der Waals surface area contributed by atoms with Crippen LogP contribution in [0.5, 0.6) is 0 Å². The molecule has 0 rings (SSSR count). The van der Waals surface area contributed by atoms with Crippen LogP contribution in [0, 0.1) is 46.0 Å². The van der Waals surface area contributed by atoms with E-state index in [0.29, 0.717) is 0 Å². The maximum absolute atomic E-state index is 7.75. The Morgan fingerprint density at radius 1 is 1.00 bits per heavy atom. The molecule has 0 aliphatic heterocycles. The summed E-state index contributed by atoms with van der Waals surface area (Å²) in [6.45, 7) is 3.25. The van der Waals surface area contributed by atoms with Gasteiger partial charge in [-0.25, -0.2) is 0 Å². The standard InChI is InChI=1S/CHO.2CH3.U.V.W/c1-2;;;;;/h1H;2*1H3;;;/q3*-1;;;. The van der Waals surface area contributed by atoms with Crippen molar-refractivity contribution < 1.29 is 75.5 Å². The van der Waals surface area contributed by atoms with Crippen LogP contribution in [0.3, 0.4) is 0 Å². The van der Waals surface area contributed by atoms with Crippen molar-refractivity contribution in [2.45, 2.75) is 0 Å². The molecular formula is C3H7OUVW-3. The van der Waals surface area contributed by atoms with Crippen LogP contribution in [0.4, 0.5) is 0 Å². The zero-order valence-corrected chi connectivity index (χ0v) is 12.8. The Morgan fingerprint density at radius 2 is 1.00 bits per heavy atom. The van der Waals surface area contributed by atoms with Crippen molar-refractivity contribution in [3.8, 4) is 0 Å². The van der Waals surface area contributed by atoms with Crippen LogP contribution < -0.4 is 0 Å². The molecule has 0 heterocycles. The fraction of sp³-hybridized carbons (Fsp3) is 0. The Balaban J connectivity index is -0.000000000500. The van der Waals surface area contributed by atoms with Crippen LogP contribution in [-0.4, -0.2) is 6.79 Å². The van der Waals surface area contributed by atoms with Gasteiger partial charge in [0, 0.05) is 70.7 Å². The van der Waals surface area contributed by atoms with E-state index in [0.717, 1.165) is 0 Å². The predicted octanol–water partition coefficient (Wildman–Crippen LogP) is 0.621. The largest absolute Gasteiger partial charge is 0.545 e. The molecule has 0 N–H and O–H groups in total. The van der Waals surface area contributed by atoms with Gasteiger partial charge in [0.05, 0.1) is 0 Å². The van der Waals surface area contributed by atoms with Gasteiger partial charge in [0.15, 0.2) is 0 Å². The molecule has 0 fully saturated rings. The minimum absolute atomic E-state index is 0. The second-order valence-electron chi connectivity index (χ2n) is 0. The van der Waals surface area contributed by atoms with Gasteiger partial charge in [-0.15, -0.1) is 0 Å². The maximum atomic E-state index is 7.75. The van der Waals surface area contributed by atoms with Crippen LogP contribution in [0.25, 0.3) is 0 Å². The summed E-state index contributed by atoms with van der Waals surface area (Å²) in [5, 5.41) is 0. The van der Waals surface area contributed by atoms with Crippen molar-refractivity contribution in [1.82, 2.24) is 0 Å². The number of carbonyl (C=O) groups excluding carboxylic acids is 1. The molecule has 1 radical (unpaired) electrons. The van der Waals surface area contributed by atoms with Crippen LogP contribution >= 0.6 is 0 Å². The summed E-state index contributed by atoms with van der Waals surface area (Å²) < 4.78 is 0. The minimum Gasteiger partial charge on any atom is -0.545 e. The van der Waals surface area contributed by atoms with E-state index in [1.165, 1.54) is 0 Å². The van der Waals surface area contributed by atoms with Gasteiger partial charge in [-0.2, -0.15) is 0 Å². The van der Waals surface area contributed by atoms with Gasteiger partial charge in [0.1, 0.15) is 0 Å². The molecule has 0 unspecified atom stereocenters. The second kappa shape index (κ2) is 98.3. The number of rotatable bonds is 0. The topological polar surface area (TPSA) is 17.1 Å². The van der Waals surface area contributed by atoms with Gasteiger partial charge in [-0.1, -0.05) is 0 Å². The molecule has 1 nitrogen and oxygen atoms in total. The summed E-state index contributed by atoms with van der Waals surface area (Å²) in [4.78, 5) is 7.75. The summed E-state index contributed by atoms with van der Waals surface area (Å²) >= 11 is 0. The Labute approximate surface area is 95.9 Å². The van der Waals surface area contributed by atoms with Crippen LogP contribution in [-0.2, 0) is 44.4 Å². The summed E-state index contributed by atoms with van der Waals surface area (Å²) in [6.07, 6.45) is 0. The molecule has 0 atom stereocenters.